The predicted molar refractivity (Wildman–Crippen MR) is 93.0 cm³/mol. The quantitative estimate of drug-likeness (QED) is 0.368. The lowest BCUT2D eigenvalue weighted by Crippen LogP contribution is -2.27. The number of benzene rings is 1. The molecule has 0 atom stereocenters. The van der Waals surface area contributed by atoms with Crippen LogP contribution in [-0.2, 0) is 4.79 Å². The Kier molecular flexibility index (Phi) is 4.18. The molecule has 1 aromatic carbocycles. The number of carbonyl (C=O) groups excluding carboxylic acids is 1. The second-order valence-electron chi connectivity index (χ2n) is 4.58. The summed E-state index contributed by atoms with van der Waals surface area (Å²) in [5, 5.41) is 10.7. The maximum absolute atomic E-state index is 12.5. The van der Waals surface area contributed by atoms with Gasteiger partial charge in [0.25, 0.3) is 11.6 Å². The topological polar surface area (TPSA) is 76.3 Å². The number of amides is 1. The van der Waals surface area contributed by atoms with E-state index in [2.05, 4.69) is 4.98 Å². The first-order valence-electron chi connectivity index (χ1n) is 6.49. The molecule has 1 amide bonds. The van der Waals surface area contributed by atoms with Crippen LogP contribution in [0.3, 0.4) is 0 Å². The molecule has 1 aromatic heterocycles. The zero-order valence-corrected chi connectivity index (χ0v) is 13.2. The van der Waals surface area contributed by atoms with E-state index in [0.29, 0.717) is 14.9 Å². The number of rotatable bonds is 3. The molecule has 2 aromatic rings. The molecule has 0 radical (unpaired) electrons. The Hall–Kier alpha value is -2.58. The standard InChI is InChI=1S/C15H9N3O3S2/c19-14-13(8-10-2-1-7-16-9-10)23-15(22)17(14)11-3-5-12(6-4-11)18(20)21/h1-9H/b13-8-. The van der Waals surface area contributed by atoms with Gasteiger partial charge < -0.3 is 0 Å². The molecular formula is C15H9N3O3S2. The summed E-state index contributed by atoms with van der Waals surface area (Å²) in [6, 6.07) is 9.33. The van der Waals surface area contributed by atoms with Crippen molar-refractivity contribution in [1.29, 1.82) is 0 Å². The zero-order valence-electron chi connectivity index (χ0n) is 11.6. The first-order valence-corrected chi connectivity index (χ1v) is 7.71. The van der Waals surface area contributed by atoms with Crippen molar-refractivity contribution in [3.05, 3.63) is 69.4 Å². The summed E-state index contributed by atoms with van der Waals surface area (Å²) < 4.78 is 0.388. The molecule has 0 aliphatic carbocycles. The number of nitro groups is 1. The van der Waals surface area contributed by atoms with Gasteiger partial charge in [-0.25, -0.2) is 0 Å². The minimum Gasteiger partial charge on any atom is -0.268 e. The average molecular weight is 343 g/mol. The third-order valence-corrected chi connectivity index (χ3v) is 4.40. The van der Waals surface area contributed by atoms with Crippen molar-refractivity contribution in [3.63, 3.8) is 0 Å². The van der Waals surface area contributed by atoms with Crippen LogP contribution in [0.4, 0.5) is 11.4 Å². The summed E-state index contributed by atoms with van der Waals surface area (Å²) in [7, 11) is 0. The van der Waals surface area contributed by atoms with Gasteiger partial charge in [0.05, 0.1) is 15.5 Å². The van der Waals surface area contributed by atoms with Crippen LogP contribution in [0.15, 0.2) is 53.7 Å². The molecule has 2 heterocycles. The van der Waals surface area contributed by atoms with Crippen LogP contribution < -0.4 is 4.90 Å². The van der Waals surface area contributed by atoms with Crippen molar-refractivity contribution < 1.29 is 9.72 Å². The SMILES string of the molecule is O=C1/C(=C/c2cccnc2)SC(=S)N1c1ccc([N+](=O)[O-])cc1. The van der Waals surface area contributed by atoms with Gasteiger partial charge in [-0.05, 0) is 29.8 Å². The van der Waals surface area contributed by atoms with Gasteiger partial charge >= 0.3 is 0 Å². The van der Waals surface area contributed by atoms with E-state index in [9.17, 15) is 14.9 Å². The number of nitro benzene ring substituents is 1. The normalized spacial score (nSPS) is 16.2. The van der Waals surface area contributed by atoms with E-state index >= 15 is 0 Å². The van der Waals surface area contributed by atoms with E-state index in [1.54, 1.807) is 24.5 Å². The summed E-state index contributed by atoms with van der Waals surface area (Å²) in [6.45, 7) is 0. The van der Waals surface area contributed by atoms with Crippen molar-refractivity contribution in [2.24, 2.45) is 0 Å². The monoisotopic (exact) mass is 343 g/mol. The van der Waals surface area contributed by atoms with Crippen molar-refractivity contribution in [2.75, 3.05) is 4.90 Å². The predicted octanol–water partition coefficient (Wildman–Crippen LogP) is 3.40. The summed E-state index contributed by atoms with van der Waals surface area (Å²) in [4.78, 5) is 28.6. The number of anilines is 1. The zero-order chi connectivity index (χ0) is 16.4. The van der Waals surface area contributed by atoms with Gasteiger partial charge in [0.2, 0.25) is 0 Å². The smallest absolute Gasteiger partial charge is 0.268 e. The fourth-order valence-electron chi connectivity index (χ4n) is 2.03. The Bertz CT molecular complexity index is 820. The molecule has 1 aliphatic heterocycles. The fraction of sp³-hybridized carbons (Fsp3) is 0. The summed E-state index contributed by atoms with van der Waals surface area (Å²) in [6.07, 6.45) is 5.02. The highest BCUT2D eigenvalue weighted by atomic mass is 32.2. The van der Waals surface area contributed by atoms with Gasteiger partial charge in [-0.15, -0.1) is 0 Å². The minimum atomic E-state index is -0.490. The second kappa shape index (κ2) is 6.27. The number of pyridine rings is 1. The number of hydrogen-bond acceptors (Lipinski definition) is 6. The van der Waals surface area contributed by atoms with Gasteiger partial charge in [0.1, 0.15) is 0 Å². The van der Waals surface area contributed by atoms with E-state index < -0.39 is 4.92 Å². The molecule has 1 aliphatic rings. The van der Waals surface area contributed by atoms with Crippen LogP contribution in [0.1, 0.15) is 5.56 Å². The molecule has 0 bridgehead atoms. The molecule has 0 saturated carbocycles. The van der Waals surface area contributed by atoms with Crippen molar-refractivity contribution in [3.8, 4) is 0 Å². The molecule has 6 nitrogen and oxygen atoms in total. The number of nitrogens with zero attached hydrogens (tertiary/aromatic N) is 3. The highest BCUT2D eigenvalue weighted by Gasteiger charge is 2.33. The third kappa shape index (κ3) is 3.13. The lowest BCUT2D eigenvalue weighted by atomic mass is 10.2. The average Bonchev–Trinajstić information content (AvgIpc) is 2.82. The van der Waals surface area contributed by atoms with Gasteiger partial charge in [-0.3, -0.25) is 24.8 Å². The molecule has 0 spiro atoms. The largest absolute Gasteiger partial charge is 0.270 e. The van der Waals surface area contributed by atoms with E-state index in [1.165, 1.54) is 40.9 Å². The van der Waals surface area contributed by atoms with Crippen LogP contribution in [0.2, 0.25) is 0 Å². The lowest BCUT2D eigenvalue weighted by Gasteiger charge is -2.13. The molecule has 1 saturated heterocycles. The van der Waals surface area contributed by atoms with E-state index in [4.69, 9.17) is 12.2 Å². The molecule has 0 N–H and O–H groups in total. The van der Waals surface area contributed by atoms with E-state index in [-0.39, 0.29) is 11.6 Å². The third-order valence-electron chi connectivity index (χ3n) is 3.09. The van der Waals surface area contributed by atoms with Crippen molar-refractivity contribution in [1.82, 2.24) is 4.98 Å². The Morgan fingerprint density at radius 1 is 1.26 bits per heavy atom. The molecular weight excluding hydrogens is 334 g/mol. The van der Waals surface area contributed by atoms with Crippen LogP contribution in [0.5, 0.6) is 0 Å². The summed E-state index contributed by atoms with van der Waals surface area (Å²) >= 11 is 6.44. The number of aromatic nitrogens is 1. The second-order valence-corrected chi connectivity index (χ2v) is 6.25. The lowest BCUT2D eigenvalue weighted by molar-refractivity contribution is -0.384. The van der Waals surface area contributed by atoms with Crippen LogP contribution in [0.25, 0.3) is 6.08 Å². The molecule has 3 rings (SSSR count). The van der Waals surface area contributed by atoms with Crippen LogP contribution in [0, 0.1) is 10.1 Å². The highest BCUT2D eigenvalue weighted by molar-refractivity contribution is 8.27. The van der Waals surface area contributed by atoms with Crippen molar-refractivity contribution in [2.45, 2.75) is 0 Å². The van der Waals surface area contributed by atoms with Gasteiger partial charge in [0.15, 0.2) is 4.32 Å². The first-order chi connectivity index (χ1) is 11.1. The molecule has 1 fully saturated rings. The Morgan fingerprint density at radius 3 is 2.61 bits per heavy atom. The van der Waals surface area contributed by atoms with Crippen LogP contribution >= 0.6 is 24.0 Å². The van der Waals surface area contributed by atoms with Crippen molar-refractivity contribution >= 4 is 51.7 Å². The van der Waals surface area contributed by atoms with E-state index in [1.807, 2.05) is 6.07 Å². The molecule has 114 valence electrons. The number of hydrogen-bond donors (Lipinski definition) is 0. The van der Waals surface area contributed by atoms with Gasteiger partial charge in [-0.2, -0.15) is 0 Å². The van der Waals surface area contributed by atoms with E-state index in [0.717, 1.165) is 5.56 Å². The summed E-state index contributed by atoms with van der Waals surface area (Å²) in [5.74, 6) is -0.252. The minimum absolute atomic E-state index is 0.0370. The fourth-order valence-corrected chi connectivity index (χ4v) is 3.33. The first kappa shape index (κ1) is 15.3. The highest BCUT2D eigenvalue weighted by Crippen LogP contribution is 2.36. The maximum atomic E-state index is 12.5. The Balaban J connectivity index is 1.90. The maximum Gasteiger partial charge on any atom is 0.270 e. The van der Waals surface area contributed by atoms with Gasteiger partial charge in [-0.1, -0.05) is 30.0 Å². The number of non-ortho nitro benzene ring substituents is 1. The Labute approximate surface area is 141 Å². The molecule has 23 heavy (non-hydrogen) atoms. The number of thioether (sulfide) groups is 1. The van der Waals surface area contributed by atoms with Crippen LogP contribution in [-0.4, -0.2) is 20.1 Å². The number of carbonyl (C=O) groups is 1. The number of thiocarbonyl (C=S) groups is 1. The summed E-state index contributed by atoms with van der Waals surface area (Å²) in [5.41, 5.74) is 1.27. The van der Waals surface area contributed by atoms with Gasteiger partial charge in [0, 0.05) is 24.5 Å². The molecule has 8 heteroatoms. The Morgan fingerprint density at radius 2 is 2.00 bits per heavy atom. The molecule has 0 unspecified atom stereocenters.